The van der Waals surface area contributed by atoms with Gasteiger partial charge in [-0.15, -0.1) is 9.89 Å². The van der Waals surface area contributed by atoms with Gasteiger partial charge in [-0.1, -0.05) is 85.7 Å². The van der Waals surface area contributed by atoms with E-state index in [1.165, 1.54) is 0 Å². The van der Waals surface area contributed by atoms with Gasteiger partial charge in [0, 0.05) is 23.4 Å². The molecule has 0 saturated carbocycles. The third-order valence-corrected chi connectivity index (χ3v) is 6.41. The minimum Gasteiger partial charge on any atom is -0.234 e. The second kappa shape index (κ2) is 9.42. The molecule has 0 atom stereocenters. The van der Waals surface area contributed by atoms with Crippen LogP contribution in [0.2, 0.25) is 0 Å². The summed E-state index contributed by atoms with van der Waals surface area (Å²) in [5.74, 6) is 1.06. The molecule has 0 radical (unpaired) electrons. The van der Waals surface area contributed by atoms with E-state index in [1.807, 2.05) is 57.0 Å². The highest BCUT2D eigenvalue weighted by atomic mass is 15.7. The molecule has 4 heterocycles. The maximum Gasteiger partial charge on any atom is 0.203 e. The van der Waals surface area contributed by atoms with Crippen LogP contribution in [0.3, 0.4) is 0 Å². The molecule has 38 heavy (non-hydrogen) atoms. The lowest BCUT2D eigenvalue weighted by molar-refractivity contribution is 0.405. The summed E-state index contributed by atoms with van der Waals surface area (Å²) in [4.78, 5) is 3.62. The van der Waals surface area contributed by atoms with Crippen LogP contribution in [-0.2, 0) is 11.8 Å². The third kappa shape index (κ3) is 5.08. The lowest BCUT2D eigenvalue weighted by Gasteiger charge is -2.16. The maximum atomic E-state index is 5.13. The van der Waals surface area contributed by atoms with Crippen LogP contribution in [-0.4, -0.2) is 39.3 Å². The van der Waals surface area contributed by atoms with Crippen molar-refractivity contribution in [2.45, 2.75) is 73.1 Å². The first kappa shape index (κ1) is 25.7. The van der Waals surface area contributed by atoms with Gasteiger partial charge in [-0.2, -0.15) is 20.1 Å². The van der Waals surface area contributed by atoms with E-state index in [0.717, 1.165) is 46.3 Å². The number of nitrogens with zero attached hydrogens (tertiary/aromatic N) is 8. The van der Waals surface area contributed by atoms with Crippen molar-refractivity contribution in [1.29, 1.82) is 0 Å². The molecule has 0 saturated heterocycles. The van der Waals surface area contributed by atoms with Crippen LogP contribution in [0.5, 0.6) is 0 Å². The lowest BCUT2D eigenvalue weighted by atomic mass is 9.91. The number of aromatic nitrogens is 8. The monoisotopic (exact) mass is 510 g/mol. The Kier molecular flexibility index (Phi) is 6.37. The van der Waals surface area contributed by atoms with Gasteiger partial charge in [0.2, 0.25) is 5.82 Å². The minimum atomic E-state index is -0.0966. The second-order valence-electron chi connectivity index (χ2n) is 12.5. The normalized spacial score (nSPS) is 12.6. The molecule has 5 aromatic rings. The fraction of sp³-hybridized carbons (Fsp3) is 0.400. The first-order valence-electron chi connectivity index (χ1n) is 13.3. The van der Waals surface area contributed by atoms with Crippen LogP contribution in [0.15, 0.2) is 67.1 Å². The molecule has 0 aliphatic heterocycles. The van der Waals surface area contributed by atoms with Crippen molar-refractivity contribution in [1.82, 2.24) is 39.3 Å². The van der Waals surface area contributed by atoms with Crippen molar-refractivity contribution >= 4 is 0 Å². The highest BCUT2D eigenvalue weighted by Gasteiger charge is 2.27. The molecule has 5 rings (SSSR count). The second-order valence-corrected chi connectivity index (χ2v) is 12.5. The Morgan fingerprint density at radius 2 is 1.45 bits per heavy atom. The minimum absolute atomic E-state index is 0.0966. The highest BCUT2D eigenvalue weighted by molar-refractivity contribution is 5.74. The van der Waals surface area contributed by atoms with Crippen LogP contribution >= 0.6 is 0 Å². The Labute approximate surface area is 224 Å². The maximum absolute atomic E-state index is 5.13. The zero-order valence-electron chi connectivity index (χ0n) is 23.7. The van der Waals surface area contributed by atoms with Gasteiger partial charge >= 0.3 is 0 Å². The average molecular weight is 511 g/mol. The Balaban J connectivity index is 1.80. The van der Waals surface area contributed by atoms with E-state index in [1.54, 1.807) is 4.79 Å². The summed E-state index contributed by atoms with van der Waals surface area (Å²) >= 11 is 0. The van der Waals surface area contributed by atoms with Gasteiger partial charge in [-0.25, -0.2) is 9.36 Å². The predicted octanol–water partition coefficient (Wildman–Crippen LogP) is 6.44. The Bertz CT molecular complexity index is 1530. The van der Waals surface area contributed by atoms with E-state index >= 15 is 0 Å². The van der Waals surface area contributed by atoms with Gasteiger partial charge in [0.25, 0.3) is 0 Å². The lowest BCUT2D eigenvalue weighted by Crippen LogP contribution is -2.19. The summed E-state index contributed by atoms with van der Waals surface area (Å²) in [5, 5.41) is 20.0. The third-order valence-electron chi connectivity index (χ3n) is 6.41. The van der Waals surface area contributed by atoms with E-state index < -0.39 is 0 Å². The summed E-state index contributed by atoms with van der Waals surface area (Å²) in [6.45, 7) is 17.5. The fourth-order valence-corrected chi connectivity index (χ4v) is 4.44. The summed E-state index contributed by atoms with van der Waals surface area (Å²) in [6.07, 6.45) is 6.84. The zero-order valence-corrected chi connectivity index (χ0v) is 23.7. The van der Waals surface area contributed by atoms with Crippen LogP contribution < -0.4 is 0 Å². The van der Waals surface area contributed by atoms with Crippen molar-refractivity contribution in [3.63, 3.8) is 0 Å². The molecular formula is C30H38N8. The number of hydrogen-bond donors (Lipinski definition) is 0. The Morgan fingerprint density at radius 3 is 2.05 bits per heavy atom. The molecule has 0 spiro atoms. The number of benzene rings is 1. The van der Waals surface area contributed by atoms with E-state index in [-0.39, 0.29) is 10.8 Å². The largest absolute Gasteiger partial charge is 0.234 e. The molecule has 0 amide bonds. The van der Waals surface area contributed by atoms with Crippen LogP contribution in [0, 0.1) is 5.41 Å². The molecule has 0 aliphatic rings. The first-order valence-corrected chi connectivity index (χ1v) is 13.3. The van der Waals surface area contributed by atoms with Crippen LogP contribution in [0.1, 0.15) is 78.4 Å². The van der Waals surface area contributed by atoms with E-state index in [9.17, 15) is 0 Å². The molecule has 8 nitrogen and oxygen atoms in total. The molecule has 0 unspecified atom stereocenters. The van der Waals surface area contributed by atoms with Gasteiger partial charge in [-0.05, 0) is 36.0 Å². The van der Waals surface area contributed by atoms with Crippen molar-refractivity contribution in [3.8, 4) is 22.8 Å². The quantitative estimate of drug-likeness (QED) is 0.264. The summed E-state index contributed by atoms with van der Waals surface area (Å²) in [7, 11) is 0. The van der Waals surface area contributed by atoms with E-state index in [4.69, 9.17) is 20.4 Å². The van der Waals surface area contributed by atoms with Gasteiger partial charge in [-0.3, -0.25) is 0 Å². The topological polar surface area (TPSA) is 71.3 Å². The SMILES string of the molecule is CC(C)c1ccn(-n2nc(-c3ccccc3)c(-n3ccc(CC(C)(C)C)n3)c2-n2ccc(C(C)(C)C)n2)n1. The molecular weight excluding hydrogens is 472 g/mol. The molecule has 4 aromatic heterocycles. The van der Waals surface area contributed by atoms with Gasteiger partial charge in [0.05, 0.1) is 23.3 Å². The molecule has 0 bridgehead atoms. The van der Waals surface area contributed by atoms with Gasteiger partial charge in [0.15, 0.2) is 0 Å². The number of hydrogen-bond acceptors (Lipinski definition) is 4. The molecule has 0 aliphatic carbocycles. The average Bonchev–Trinajstić information content (AvgIpc) is 3.62. The molecule has 0 N–H and O–H groups in total. The summed E-state index contributed by atoms with van der Waals surface area (Å²) in [6, 6.07) is 16.4. The molecule has 8 heteroatoms. The molecule has 198 valence electrons. The van der Waals surface area contributed by atoms with Gasteiger partial charge in [0.1, 0.15) is 11.4 Å². The standard InChI is InChI=1S/C30H38N8/c1-21(2)24-15-19-37(32-24)38-28(36-18-16-25(33-36)30(6,7)8)27(26(34-38)22-12-10-9-11-13-22)35-17-14-23(31-35)20-29(3,4)5/h9-19,21H,20H2,1-8H3. The Hall–Kier alpha value is -3.94. The first-order chi connectivity index (χ1) is 17.9. The van der Waals surface area contributed by atoms with Crippen LogP contribution in [0.25, 0.3) is 22.8 Å². The van der Waals surface area contributed by atoms with Crippen molar-refractivity contribution in [3.05, 3.63) is 84.2 Å². The number of rotatable bonds is 6. The van der Waals surface area contributed by atoms with E-state index in [0.29, 0.717) is 5.92 Å². The predicted molar refractivity (Wildman–Crippen MR) is 151 cm³/mol. The zero-order chi connectivity index (χ0) is 27.2. The summed E-state index contributed by atoms with van der Waals surface area (Å²) in [5.41, 5.74) is 5.70. The van der Waals surface area contributed by atoms with Gasteiger partial charge < -0.3 is 0 Å². The molecule has 1 aromatic carbocycles. The van der Waals surface area contributed by atoms with Crippen molar-refractivity contribution < 1.29 is 0 Å². The highest BCUT2D eigenvalue weighted by Crippen LogP contribution is 2.33. The fourth-order valence-electron chi connectivity index (χ4n) is 4.44. The van der Waals surface area contributed by atoms with E-state index in [2.05, 4.69) is 79.7 Å². The molecule has 0 fully saturated rings. The smallest absolute Gasteiger partial charge is 0.203 e. The van der Waals surface area contributed by atoms with Crippen molar-refractivity contribution in [2.24, 2.45) is 5.41 Å². The Morgan fingerprint density at radius 1 is 0.737 bits per heavy atom. The summed E-state index contributed by atoms with van der Waals surface area (Å²) < 4.78 is 3.84. The van der Waals surface area contributed by atoms with Crippen LogP contribution in [0.4, 0.5) is 0 Å². The van der Waals surface area contributed by atoms with Crippen molar-refractivity contribution in [2.75, 3.05) is 0 Å².